The molecule has 3 N–H and O–H groups in total. The molecule has 0 saturated carbocycles. The van der Waals surface area contributed by atoms with E-state index in [2.05, 4.69) is 10.5 Å². The van der Waals surface area contributed by atoms with Gasteiger partial charge in [-0.2, -0.15) is 5.10 Å². The Labute approximate surface area is 116 Å². The molecule has 1 aromatic heterocycles. The number of benzene rings is 1. The highest BCUT2D eigenvalue weighted by Crippen LogP contribution is 2.25. The lowest BCUT2D eigenvalue weighted by atomic mass is 10.0. The van der Waals surface area contributed by atoms with Crippen LogP contribution in [0.5, 0.6) is 0 Å². The SMILES string of the molecule is Cn1ccc(C(Cc2ccc(Cl)c(Cl)c2)NN)n1. The molecule has 0 amide bonds. The molecule has 0 radical (unpaired) electrons. The average Bonchev–Trinajstić information content (AvgIpc) is 2.77. The molecule has 2 aromatic rings. The van der Waals surface area contributed by atoms with E-state index in [1.165, 1.54) is 0 Å². The van der Waals surface area contributed by atoms with Crippen LogP contribution in [0, 0.1) is 0 Å². The van der Waals surface area contributed by atoms with E-state index < -0.39 is 0 Å². The highest BCUT2D eigenvalue weighted by Gasteiger charge is 2.13. The van der Waals surface area contributed by atoms with E-state index in [0.717, 1.165) is 11.3 Å². The van der Waals surface area contributed by atoms with Crippen LogP contribution >= 0.6 is 23.2 Å². The fraction of sp³-hybridized carbons (Fsp3) is 0.250. The standard InChI is InChI=1S/C12H14Cl2N4/c1-18-5-4-11(17-18)12(16-15)7-8-2-3-9(13)10(14)6-8/h2-6,12,16H,7,15H2,1H3. The summed E-state index contributed by atoms with van der Waals surface area (Å²) in [6.45, 7) is 0. The minimum Gasteiger partial charge on any atom is -0.275 e. The number of aromatic nitrogens is 2. The Kier molecular flexibility index (Phi) is 4.24. The molecule has 0 fully saturated rings. The number of hydrazine groups is 1. The lowest BCUT2D eigenvalue weighted by Crippen LogP contribution is -2.30. The zero-order valence-corrected chi connectivity index (χ0v) is 11.4. The molecule has 4 nitrogen and oxygen atoms in total. The summed E-state index contributed by atoms with van der Waals surface area (Å²) in [6.07, 6.45) is 2.58. The summed E-state index contributed by atoms with van der Waals surface area (Å²) in [5, 5.41) is 5.43. The van der Waals surface area contributed by atoms with Crippen LogP contribution in [-0.4, -0.2) is 9.78 Å². The van der Waals surface area contributed by atoms with Crippen LogP contribution in [0.15, 0.2) is 30.5 Å². The molecule has 0 saturated heterocycles. The predicted molar refractivity (Wildman–Crippen MR) is 73.4 cm³/mol. The molecule has 6 heteroatoms. The summed E-state index contributed by atoms with van der Waals surface area (Å²) >= 11 is 11.9. The van der Waals surface area contributed by atoms with Crippen molar-refractivity contribution in [1.82, 2.24) is 15.2 Å². The van der Waals surface area contributed by atoms with Gasteiger partial charge in [0.1, 0.15) is 0 Å². The number of nitrogens with zero attached hydrogens (tertiary/aromatic N) is 2. The first-order chi connectivity index (χ1) is 8.60. The number of halogens is 2. The fourth-order valence-electron chi connectivity index (χ4n) is 1.77. The predicted octanol–water partition coefficient (Wildman–Crippen LogP) is 2.47. The van der Waals surface area contributed by atoms with E-state index in [-0.39, 0.29) is 6.04 Å². The summed E-state index contributed by atoms with van der Waals surface area (Å²) in [4.78, 5) is 0. The normalized spacial score (nSPS) is 12.7. The molecular formula is C12H14Cl2N4. The van der Waals surface area contributed by atoms with Gasteiger partial charge in [-0.1, -0.05) is 29.3 Å². The number of nitrogens with one attached hydrogen (secondary N) is 1. The second-order valence-electron chi connectivity index (χ2n) is 4.09. The highest BCUT2D eigenvalue weighted by molar-refractivity contribution is 6.42. The second-order valence-corrected chi connectivity index (χ2v) is 4.90. The van der Waals surface area contributed by atoms with Crippen molar-refractivity contribution in [2.75, 3.05) is 0 Å². The van der Waals surface area contributed by atoms with Crippen molar-refractivity contribution in [3.05, 3.63) is 51.8 Å². The lowest BCUT2D eigenvalue weighted by Gasteiger charge is -2.13. The minimum atomic E-state index is -0.0524. The van der Waals surface area contributed by atoms with Gasteiger partial charge in [0.2, 0.25) is 0 Å². The molecule has 0 aliphatic carbocycles. The maximum Gasteiger partial charge on any atom is 0.0810 e. The molecular weight excluding hydrogens is 271 g/mol. The fourth-order valence-corrected chi connectivity index (χ4v) is 2.09. The van der Waals surface area contributed by atoms with Crippen LogP contribution in [0.3, 0.4) is 0 Å². The Morgan fingerprint density at radius 3 is 2.67 bits per heavy atom. The third-order valence-electron chi connectivity index (χ3n) is 2.72. The van der Waals surface area contributed by atoms with Crippen LogP contribution in [0.4, 0.5) is 0 Å². The molecule has 1 atom stereocenters. The second kappa shape index (κ2) is 5.71. The van der Waals surface area contributed by atoms with Gasteiger partial charge in [-0.3, -0.25) is 16.0 Å². The molecule has 1 aromatic carbocycles. The summed E-state index contributed by atoms with van der Waals surface area (Å²) in [5.74, 6) is 5.57. The third kappa shape index (κ3) is 3.03. The molecule has 18 heavy (non-hydrogen) atoms. The first-order valence-electron chi connectivity index (χ1n) is 5.49. The quantitative estimate of drug-likeness (QED) is 0.670. The molecule has 2 rings (SSSR count). The van der Waals surface area contributed by atoms with Crippen LogP contribution < -0.4 is 11.3 Å². The van der Waals surface area contributed by atoms with Crippen molar-refractivity contribution >= 4 is 23.2 Å². The van der Waals surface area contributed by atoms with Crippen molar-refractivity contribution < 1.29 is 0 Å². The minimum absolute atomic E-state index is 0.0524. The molecule has 96 valence electrons. The Hall–Kier alpha value is -1.07. The van der Waals surface area contributed by atoms with Gasteiger partial charge in [0.15, 0.2) is 0 Å². The first-order valence-corrected chi connectivity index (χ1v) is 6.25. The van der Waals surface area contributed by atoms with Crippen LogP contribution in [0.25, 0.3) is 0 Å². The topological polar surface area (TPSA) is 55.9 Å². The highest BCUT2D eigenvalue weighted by atomic mass is 35.5. The van der Waals surface area contributed by atoms with Crippen molar-refractivity contribution in [3.63, 3.8) is 0 Å². The van der Waals surface area contributed by atoms with Gasteiger partial charge in [0, 0.05) is 13.2 Å². The summed E-state index contributed by atoms with van der Waals surface area (Å²) in [7, 11) is 1.87. The lowest BCUT2D eigenvalue weighted by molar-refractivity contribution is 0.529. The maximum absolute atomic E-state index is 5.99. The Balaban J connectivity index is 2.17. The van der Waals surface area contributed by atoms with Gasteiger partial charge in [0.05, 0.1) is 21.8 Å². The van der Waals surface area contributed by atoms with Crippen LogP contribution in [0.2, 0.25) is 10.0 Å². The Morgan fingerprint density at radius 2 is 2.11 bits per heavy atom. The molecule has 0 spiro atoms. The van der Waals surface area contributed by atoms with Crippen molar-refractivity contribution in [2.24, 2.45) is 12.9 Å². The number of rotatable bonds is 4. The number of hydrogen-bond acceptors (Lipinski definition) is 3. The number of aryl methyl sites for hydroxylation is 1. The van der Waals surface area contributed by atoms with E-state index in [1.54, 1.807) is 10.7 Å². The van der Waals surface area contributed by atoms with Gasteiger partial charge >= 0.3 is 0 Å². The first kappa shape index (κ1) is 13.4. The van der Waals surface area contributed by atoms with E-state index in [0.29, 0.717) is 16.5 Å². The van der Waals surface area contributed by atoms with Gasteiger partial charge in [0.25, 0.3) is 0 Å². The van der Waals surface area contributed by atoms with Crippen LogP contribution in [-0.2, 0) is 13.5 Å². The number of nitrogens with two attached hydrogens (primary N) is 1. The van der Waals surface area contributed by atoms with E-state index in [4.69, 9.17) is 29.0 Å². The molecule has 0 aliphatic rings. The van der Waals surface area contributed by atoms with Crippen molar-refractivity contribution in [3.8, 4) is 0 Å². The van der Waals surface area contributed by atoms with Gasteiger partial charge in [-0.05, 0) is 30.2 Å². The molecule has 1 heterocycles. The Morgan fingerprint density at radius 1 is 1.33 bits per heavy atom. The summed E-state index contributed by atoms with van der Waals surface area (Å²) in [5.41, 5.74) is 4.71. The Bertz CT molecular complexity index is 539. The van der Waals surface area contributed by atoms with E-state index in [1.807, 2.05) is 31.4 Å². The third-order valence-corrected chi connectivity index (χ3v) is 3.46. The van der Waals surface area contributed by atoms with Gasteiger partial charge in [-0.15, -0.1) is 0 Å². The molecule has 0 aliphatic heterocycles. The summed E-state index contributed by atoms with van der Waals surface area (Å²) in [6, 6.07) is 7.44. The van der Waals surface area contributed by atoms with Gasteiger partial charge < -0.3 is 0 Å². The average molecular weight is 285 g/mol. The van der Waals surface area contributed by atoms with E-state index >= 15 is 0 Å². The van der Waals surface area contributed by atoms with E-state index in [9.17, 15) is 0 Å². The zero-order chi connectivity index (χ0) is 13.1. The zero-order valence-electron chi connectivity index (χ0n) is 9.90. The summed E-state index contributed by atoms with van der Waals surface area (Å²) < 4.78 is 1.74. The maximum atomic E-state index is 5.99. The molecule has 1 unspecified atom stereocenters. The monoisotopic (exact) mass is 284 g/mol. The van der Waals surface area contributed by atoms with Gasteiger partial charge in [-0.25, -0.2) is 0 Å². The number of hydrogen-bond donors (Lipinski definition) is 2. The van der Waals surface area contributed by atoms with Crippen molar-refractivity contribution in [1.29, 1.82) is 0 Å². The smallest absolute Gasteiger partial charge is 0.0810 e. The van der Waals surface area contributed by atoms with Crippen molar-refractivity contribution in [2.45, 2.75) is 12.5 Å². The van der Waals surface area contributed by atoms with Crippen LogP contribution in [0.1, 0.15) is 17.3 Å². The largest absolute Gasteiger partial charge is 0.275 e. The molecule has 0 bridgehead atoms.